The van der Waals surface area contributed by atoms with Crippen molar-refractivity contribution in [1.29, 1.82) is 0 Å². The fraction of sp³-hybridized carbons (Fsp3) is 0.129. The first-order chi connectivity index (χ1) is 31.6. The molecule has 1 aromatic heterocycles. The number of halogens is 1. The highest BCUT2D eigenvalue weighted by atomic mass is 35.5. The van der Waals surface area contributed by atoms with Crippen molar-refractivity contribution in [2.45, 2.75) is 19.6 Å². The van der Waals surface area contributed by atoms with Gasteiger partial charge in [0.05, 0.1) is 40.2 Å². The van der Waals surface area contributed by atoms with Gasteiger partial charge in [-0.1, -0.05) is 10.1 Å². The minimum absolute atomic E-state index is 0.0543. The first kappa shape index (κ1) is 52.6. The number of aromatic hydroxyl groups is 1. The van der Waals surface area contributed by atoms with E-state index in [9.17, 15) is 47.9 Å². The van der Waals surface area contributed by atoms with Crippen LogP contribution in [0.1, 0.15) is 0 Å². The molecule has 0 fully saturated rings. The number of aromatic nitrogens is 3. The van der Waals surface area contributed by atoms with Gasteiger partial charge in [-0.2, -0.15) is 31.8 Å². The minimum atomic E-state index is -5.14. The van der Waals surface area contributed by atoms with Crippen molar-refractivity contribution < 1.29 is 85.5 Å². The van der Waals surface area contributed by atoms with Crippen LogP contribution in [0, 0.1) is 0 Å². The molecular weight excluding hydrogens is 1040 g/mol. The van der Waals surface area contributed by atoms with E-state index >= 15 is 0 Å². The predicted octanol–water partition coefficient (Wildman–Crippen LogP) is 6.17. The van der Waals surface area contributed by atoms with Gasteiger partial charge in [0.25, 0.3) is 20.2 Å². The fourth-order valence-electron chi connectivity index (χ4n) is 4.95. The third kappa shape index (κ3) is 15.3. The molecule has 9 N–H and O–H groups in total. The van der Waals surface area contributed by atoms with Crippen LogP contribution in [-0.2, 0) is 67.0 Å². The van der Waals surface area contributed by atoms with E-state index in [2.05, 4.69) is 64.8 Å². The SMILES string of the molecule is Nc1cc(O)c(N=Nc2ccc(S(=O)(=O)CCOSOOO)cc2S(=O)(=O)O)cc1N=Nc1cc(Nc2nc(Cl)nc(Nc3ccc(S(=O)(=O)CCOSOOO)cc3)n2)ccc1S(=O)(=O)O. The molecule has 67 heavy (non-hydrogen) atoms. The summed E-state index contributed by atoms with van der Waals surface area (Å²) in [6.07, 6.45) is 0. The number of phenols is 1. The molecule has 5 rings (SSSR count). The van der Waals surface area contributed by atoms with Crippen LogP contribution in [0.3, 0.4) is 0 Å². The summed E-state index contributed by atoms with van der Waals surface area (Å²) in [5, 5.41) is 53.9. The summed E-state index contributed by atoms with van der Waals surface area (Å²) >= 11 is 6.45. The van der Waals surface area contributed by atoms with E-state index in [1.807, 2.05) is 0 Å². The van der Waals surface area contributed by atoms with Crippen LogP contribution in [0.15, 0.2) is 113 Å². The highest BCUT2D eigenvalue weighted by molar-refractivity contribution is 7.92. The molecule has 29 nitrogen and oxygen atoms in total. The summed E-state index contributed by atoms with van der Waals surface area (Å²) in [4.78, 5) is 9.78. The Morgan fingerprint density at radius 3 is 1.69 bits per heavy atom. The van der Waals surface area contributed by atoms with Gasteiger partial charge < -0.3 is 21.5 Å². The molecule has 0 radical (unpaired) electrons. The van der Waals surface area contributed by atoms with Crippen molar-refractivity contribution in [2.24, 2.45) is 20.5 Å². The lowest BCUT2D eigenvalue weighted by Gasteiger charge is -2.10. The molecule has 0 saturated heterocycles. The van der Waals surface area contributed by atoms with Gasteiger partial charge in [0.15, 0.2) is 44.3 Å². The van der Waals surface area contributed by atoms with Crippen LogP contribution in [0.2, 0.25) is 5.28 Å². The van der Waals surface area contributed by atoms with Crippen molar-refractivity contribution in [3.05, 3.63) is 78.1 Å². The first-order valence-electron chi connectivity index (χ1n) is 17.3. The number of anilines is 5. The maximum Gasteiger partial charge on any atom is 0.296 e. The monoisotopic (exact) mass is 1070 g/mol. The number of rotatable bonds is 24. The molecule has 4 aromatic carbocycles. The molecule has 0 atom stereocenters. The normalized spacial score (nSPS) is 12.6. The molecule has 0 saturated carbocycles. The van der Waals surface area contributed by atoms with Crippen LogP contribution >= 0.6 is 36.2 Å². The second kappa shape index (κ2) is 23.1. The number of hydrogen-bond donors (Lipinski definition) is 8. The minimum Gasteiger partial charge on any atom is -0.506 e. The van der Waals surface area contributed by atoms with E-state index in [-0.39, 0.29) is 70.4 Å². The molecule has 360 valence electrons. The molecule has 0 unspecified atom stereocenters. The second-order valence-corrected chi connectivity index (χ2v) is 20.6. The number of nitrogen functional groups attached to an aromatic ring is 1. The third-order valence-corrected chi connectivity index (χ3v) is 14.0. The molecule has 0 bridgehead atoms. The highest BCUT2D eigenvalue weighted by Crippen LogP contribution is 2.39. The summed E-state index contributed by atoms with van der Waals surface area (Å²) < 4.78 is 137. The lowest BCUT2D eigenvalue weighted by molar-refractivity contribution is -0.434. The number of nitrogens with two attached hydrogens (primary N) is 1. The predicted molar refractivity (Wildman–Crippen MR) is 232 cm³/mol. The summed E-state index contributed by atoms with van der Waals surface area (Å²) in [6, 6.07) is 13.0. The fourth-order valence-corrected chi connectivity index (χ4v) is 9.28. The van der Waals surface area contributed by atoms with E-state index in [0.717, 1.165) is 36.4 Å². The number of sulfone groups is 2. The van der Waals surface area contributed by atoms with Crippen molar-refractivity contribution in [1.82, 2.24) is 15.0 Å². The van der Waals surface area contributed by atoms with Gasteiger partial charge in [-0.15, -0.1) is 29.1 Å². The molecule has 0 spiro atoms. The molecule has 5 aromatic rings. The topological polar surface area (TPSA) is 431 Å². The highest BCUT2D eigenvalue weighted by Gasteiger charge is 2.23. The van der Waals surface area contributed by atoms with Crippen molar-refractivity contribution in [3.63, 3.8) is 0 Å². The number of azo groups is 2. The first-order valence-corrected chi connectivity index (χ1v) is 25.2. The standard InChI is InChI=1S/C31H29ClN10O19S6/c32-29-36-30(34-17-1-4-19(5-2-17)64(46,47)11-9-56-62-60-58-44)38-31(37-29)35-18-3-8-27(66(50,51)52)25(13-18)42-40-23-16-24(26(43)15-21(23)33)41-39-22-7-6-20(14-28(22)67(53,54)55)65(48,49)12-10-57-63-61-59-45/h1-8,13-16,43-45H,9-12,33H2,(H,50,51,52)(H,53,54,55)(H2,34,35,36,37,38). The van der Waals surface area contributed by atoms with Crippen LogP contribution in [-0.4, -0.2) is 98.1 Å². The van der Waals surface area contributed by atoms with Gasteiger partial charge in [-0.05, 0) is 78.3 Å². The van der Waals surface area contributed by atoms with Gasteiger partial charge in [0.1, 0.15) is 38.3 Å². The average molecular weight is 1070 g/mol. The van der Waals surface area contributed by atoms with Crippen LogP contribution < -0.4 is 16.4 Å². The summed E-state index contributed by atoms with van der Waals surface area (Å²) in [7, 11) is -18.1. The van der Waals surface area contributed by atoms with E-state index in [4.69, 9.17) is 36.2 Å². The number of hydrogen-bond acceptors (Lipinski definition) is 29. The molecule has 0 amide bonds. The third-order valence-electron chi connectivity index (χ3n) is 7.88. The van der Waals surface area contributed by atoms with E-state index in [1.165, 1.54) is 30.3 Å². The Kier molecular flexibility index (Phi) is 18.2. The zero-order valence-corrected chi connectivity index (χ0v) is 38.4. The van der Waals surface area contributed by atoms with E-state index < -0.39 is 95.5 Å². The molecule has 0 aliphatic heterocycles. The molecular formula is C31H29ClN10O19S6. The Labute approximate surface area is 391 Å². The Balaban J connectivity index is 1.36. The Morgan fingerprint density at radius 2 is 1.10 bits per heavy atom. The van der Waals surface area contributed by atoms with Gasteiger partial charge >= 0.3 is 0 Å². The maximum absolute atomic E-state index is 12.7. The van der Waals surface area contributed by atoms with Gasteiger partial charge in [-0.3, -0.25) is 17.5 Å². The zero-order chi connectivity index (χ0) is 49.0. The molecule has 1 heterocycles. The quantitative estimate of drug-likeness (QED) is 0.00651. The lowest BCUT2D eigenvalue weighted by Crippen LogP contribution is -2.12. The van der Waals surface area contributed by atoms with Crippen LogP contribution in [0.5, 0.6) is 5.75 Å². The molecule has 36 heteroatoms. The van der Waals surface area contributed by atoms with Gasteiger partial charge in [-0.25, -0.2) is 27.4 Å². The number of nitrogens with one attached hydrogen (secondary N) is 2. The van der Waals surface area contributed by atoms with Gasteiger partial charge in [0.2, 0.25) is 17.2 Å². The van der Waals surface area contributed by atoms with E-state index in [1.54, 1.807) is 0 Å². The molecule has 0 aliphatic rings. The maximum atomic E-state index is 12.7. The summed E-state index contributed by atoms with van der Waals surface area (Å²) in [5.74, 6) is -2.11. The molecule has 0 aliphatic carbocycles. The van der Waals surface area contributed by atoms with E-state index in [0.29, 0.717) is 11.8 Å². The Hall–Kier alpha value is -5.32. The Bertz CT molecular complexity index is 3100. The Morgan fingerprint density at radius 1 is 0.597 bits per heavy atom. The average Bonchev–Trinajstić information content (AvgIpc) is 3.25. The van der Waals surface area contributed by atoms with Crippen LogP contribution in [0.25, 0.3) is 0 Å². The smallest absolute Gasteiger partial charge is 0.296 e. The van der Waals surface area contributed by atoms with Crippen molar-refractivity contribution in [3.8, 4) is 5.75 Å². The lowest BCUT2D eigenvalue weighted by atomic mass is 10.2. The van der Waals surface area contributed by atoms with Crippen LogP contribution in [0.4, 0.5) is 51.7 Å². The summed E-state index contributed by atoms with van der Waals surface area (Å²) in [5.41, 5.74) is 4.33. The second-order valence-electron chi connectivity index (χ2n) is 12.3. The number of benzene rings is 4. The van der Waals surface area contributed by atoms with Gasteiger partial charge in [0, 0.05) is 17.4 Å². The number of phenolic OH excluding ortho intramolecular Hbond substituents is 1. The zero-order valence-electron chi connectivity index (χ0n) is 32.7. The largest absolute Gasteiger partial charge is 0.506 e. The summed E-state index contributed by atoms with van der Waals surface area (Å²) in [6.45, 7) is -0.809. The van der Waals surface area contributed by atoms with Crippen molar-refractivity contribution >= 4 is 128 Å². The number of nitrogens with zero attached hydrogens (tertiary/aromatic N) is 7. The van der Waals surface area contributed by atoms with Crippen molar-refractivity contribution in [2.75, 3.05) is 41.1 Å².